The first-order chi connectivity index (χ1) is 13.3. The molecule has 1 fully saturated rings. The van der Waals surface area contributed by atoms with Gasteiger partial charge in [0.25, 0.3) is 0 Å². The highest BCUT2D eigenvalue weighted by Gasteiger charge is 2.52. The van der Waals surface area contributed by atoms with Crippen LogP contribution in [-0.4, -0.2) is 5.78 Å². The monoisotopic (exact) mass is 351 g/mol. The van der Waals surface area contributed by atoms with Gasteiger partial charge in [-0.25, -0.2) is 0 Å². The minimum atomic E-state index is -0.780. The Hall–Kier alpha value is -3.18. The third-order valence-corrected chi connectivity index (χ3v) is 5.80. The normalized spacial score (nSPS) is 21.4. The molecule has 0 aromatic heterocycles. The summed E-state index contributed by atoms with van der Waals surface area (Å²) < 4.78 is 0. The summed E-state index contributed by atoms with van der Waals surface area (Å²) in [5.74, 6) is -0.116. The maximum absolute atomic E-state index is 12.8. The van der Waals surface area contributed by atoms with Crippen molar-refractivity contribution in [2.75, 3.05) is 0 Å². The summed E-state index contributed by atoms with van der Waals surface area (Å²) in [7, 11) is 0. The molecular formula is C25H21NO. The molecule has 1 saturated carbocycles. The second-order valence-corrected chi connectivity index (χ2v) is 7.22. The summed E-state index contributed by atoms with van der Waals surface area (Å²) >= 11 is 0. The Labute approximate surface area is 160 Å². The van der Waals surface area contributed by atoms with Crippen molar-refractivity contribution >= 4 is 5.78 Å². The van der Waals surface area contributed by atoms with Crippen molar-refractivity contribution in [3.8, 4) is 6.07 Å². The van der Waals surface area contributed by atoms with E-state index in [2.05, 4.69) is 6.07 Å². The van der Waals surface area contributed by atoms with Gasteiger partial charge < -0.3 is 0 Å². The number of hydrogen-bond donors (Lipinski definition) is 0. The number of ketones is 1. The van der Waals surface area contributed by atoms with Gasteiger partial charge in [-0.2, -0.15) is 5.26 Å². The van der Waals surface area contributed by atoms with Crippen LogP contribution in [0, 0.1) is 11.3 Å². The number of carbonyl (C=O) groups is 1. The number of benzene rings is 3. The zero-order chi connectivity index (χ0) is 18.7. The average Bonchev–Trinajstić information content (AvgIpc) is 2.75. The second kappa shape index (κ2) is 7.21. The number of nitrogens with zero attached hydrogens (tertiary/aromatic N) is 1. The Bertz CT molecular complexity index is 906. The molecule has 2 atom stereocenters. The van der Waals surface area contributed by atoms with E-state index in [4.69, 9.17) is 0 Å². The molecule has 0 N–H and O–H groups in total. The van der Waals surface area contributed by atoms with Crippen LogP contribution < -0.4 is 0 Å². The van der Waals surface area contributed by atoms with Crippen molar-refractivity contribution < 1.29 is 4.79 Å². The molecule has 2 nitrogen and oxygen atoms in total. The predicted molar refractivity (Wildman–Crippen MR) is 106 cm³/mol. The van der Waals surface area contributed by atoms with Crippen LogP contribution in [0.15, 0.2) is 91.0 Å². The van der Waals surface area contributed by atoms with E-state index >= 15 is 0 Å². The minimum absolute atomic E-state index is 0.169. The van der Waals surface area contributed by atoms with Gasteiger partial charge in [0, 0.05) is 24.7 Å². The standard InChI is InChI=1S/C25H21NO/c26-18-25(21-14-8-3-9-15-21)23(19-10-4-1-5-11-19)16-22(27)17-24(25)20-12-6-2-7-13-20/h1-15,23-24H,16-17H2/t23-,24-/m0/s1. The third kappa shape index (κ3) is 2.96. The molecule has 0 unspecified atom stereocenters. The molecule has 3 aromatic rings. The fraction of sp³-hybridized carbons (Fsp3) is 0.200. The number of Topliss-reactive ketones (excluding diaryl/α,β-unsaturated/α-hetero) is 1. The molecule has 3 aromatic carbocycles. The Morgan fingerprint density at radius 3 is 1.52 bits per heavy atom. The lowest BCUT2D eigenvalue weighted by molar-refractivity contribution is -0.122. The Morgan fingerprint density at radius 1 is 0.704 bits per heavy atom. The predicted octanol–water partition coefficient (Wildman–Crippen LogP) is 5.38. The first-order valence-electron chi connectivity index (χ1n) is 9.34. The zero-order valence-corrected chi connectivity index (χ0v) is 15.1. The molecule has 0 heterocycles. The van der Waals surface area contributed by atoms with Gasteiger partial charge in [-0.15, -0.1) is 0 Å². The van der Waals surface area contributed by atoms with E-state index in [1.54, 1.807) is 0 Å². The van der Waals surface area contributed by atoms with Gasteiger partial charge in [-0.1, -0.05) is 91.0 Å². The molecule has 0 spiro atoms. The fourth-order valence-corrected chi connectivity index (χ4v) is 4.57. The van der Waals surface area contributed by atoms with E-state index < -0.39 is 5.41 Å². The molecule has 0 radical (unpaired) electrons. The summed E-state index contributed by atoms with van der Waals surface area (Å²) in [5, 5.41) is 10.6. The minimum Gasteiger partial charge on any atom is -0.300 e. The van der Waals surface area contributed by atoms with E-state index in [1.165, 1.54) is 0 Å². The Balaban J connectivity index is 1.97. The van der Waals surface area contributed by atoms with Gasteiger partial charge in [-0.05, 0) is 16.7 Å². The number of nitriles is 1. The highest BCUT2D eigenvalue weighted by Crippen LogP contribution is 2.55. The van der Waals surface area contributed by atoms with Crippen LogP contribution in [0.3, 0.4) is 0 Å². The van der Waals surface area contributed by atoms with E-state index in [9.17, 15) is 10.1 Å². The molecule has 1 aliphatic carbocycles. The van der Waals surface area contributed by atoms with Gasteiger partial charge in [-0.3, -0.25) is 4.79 Å². The highest BCUT2D eigenvalue weighted by molar-refractivity contribution is 5.83. The van der Waals surface area contributed by atoms with E-state index in [1.807, 2.05) is 91.0 Å². The van der Waals surface area contributed by atoms with Crippen LogP contribution in [0.2, 0.25) is 0 Å². The summed E-state index contributed by atoms with van der Waals surface area (Å²) in [5.41, 5.74) is 2.31. The van der Waals surface area contributed by atoms with Crippen LogP contribution in [0.25, 0.3) is 0 Å². The van der Waals surface area contributed by atoms with E-state index in [-0.39, 0.29) is 17.6 Å². The molecule has 0 saturated heterocycles. The van der Waals surface area contributed by atoms with Gasteiger partial charge in [0.15, 0.2) is 0 Å². The van der Waals surface area contributed by atoms with Crippen LogP contribution in [-0.2, 0) is 10.2 Å². The molecule has 1 aliphatic rings. The molecule has 0 bridgehead atoms. The topological polar surface area (TPSA) is 40.9 Å². The molecule has 27 heavy (non-hydrogen) atoms. The number of rotatable bonds is 3. The SMILES string of the molecule is N#CC1(c2ccccc2)[C@H](c2ccccc2)CC(=O)C[C@H]1c1ccccc1. The maximum atomic E-state index is 12.8. The lowest BCUT2D eigenvalue weighted by Crippen LogP contribution is -2.44. The molecular weight excluding hydrogens is 330 g/mol. The van der Waals surface area contributed by atoms with Crippen LogP contribution in [0.4, 0.5) is 0 Å². The quantitative estimate of drug-likeness (QED) is 0.636. The smallest absolute Gasteiger partial charge is 0.134 e. The largest absolute Gasteiger partial charge is 0.300 e. The highest BCUT2D eigenvalue weighted by atomic mass is 16.1. The first kappa shape index (κ1) is 17.2. The van der Waals surface area contributed by atoms with Gasteiger partial charge in [0.1, 0.15) is 5.78 Å². The van der Waals surface area contributed by atoms with Crippen molar-refractivity contribution in [1.29, 1.82) is 5.26 Å². The summed E-state index contributed by atoms with van der Waals surface area (Å²) in [6.07, 6.45) is 0.797. The fourth-order valence-electron chi connectivity index (χ4n) is 4.57. The lowest BCUT2D eigenvalue weighted by atomic mass is 9.54. The maximum Gasteiger partial charge on any atom is 0.134 e. The van der Waals surface area contributed by atoms with Crippen LogP contribution in [0.5, 0.6) is 0 Å². The van der Waals surface area contributed by atoms with Crippen molar-refractivity contribution in [2.45, 2.75) is 30.1 Å². The lowest BCUT2D eigenvalue weighted by Gasteiger charge is -2.45. The van der Waals surface area contributed by atoms with Crippen LogP contribution in [0.1, 0.15) is 41.4 Å². The Morgan fingerprint density at radius 2 is 1.11 bits per heavy atom. The van der Waals surface area contributed by atoms with Crippen molar-refractivity contribution in [1.82, 2.24) is 0 Å². The number of hydrogen-bond acceptors (Lipinski definition) is 2. The summed E-state index contributed by atoms with van der Waals surface area (Å²) in [4.78, 5) is 12.8. The van der Waals surface area contributed by atoms with Crippen molar-refractivity contribution in [3.63, 3.8) is 0 Å². The van der Waals surface area contributed by atoms with Crippen molar-refractivity contribution in [2.24, 2.45) is 0 Å². The molecule has 0 amide bonds. The summed E-state index contributed by atoms with van der Waals surface area (Å²) in [6, 6.07) is 32.7. The van der Waals surface area contributed by atoms with E-state index in [0.717, 1.165) is 16.7 Å². The van der Waals surface area contributed by atoms with Gasteiger partial charge in [0.2, 0.25) is 0 Å². The van der Waals surface area contributed by atoms with Crippen LogP contribution >= 0.6 is 0 Å². The average molecular weight is 351 g/mol. The number of carbonyl (C=O) groups excluding carboxylic acids is 1. The van der Waals surface area contributed by atoms with E-state index in [0.29, 0.717) is 12.8 Å². The van der Waals surface area contributed by atoms with Crippen molar-refractivity contribution in [3.05, 3.63) is 108 Å². The zero-order valence-electron chi connectivity index (χ0n) is 15.1. The first-order valence-corrected chi connectivity index (χ1v) is 9.34. The Kier molecular flexibility index (Phi) is 4.60. The van der Waals surface area contributed by atoms with Gasteiger partial charge >= 0.3 is 0 Å². The third-order valence-electron chi connectivity index (χ3n) is 5.80. The molecule has 132 valence electrons. The second-order valence-electron chi connectivity index (χ2n) is 7.22. The molecule has 2 heteroatoms. The molecule has 4 rings (SSSR count). The van der Waals surface area contributed by atoms with Gasteiger partial charge in [0.05, 0.1) is 11.5 Å². The molecule has 0 aliphatic heterocycles. The summed E-state index contributed by atoms with van der Waals surface area (Å²) in [6.45, 7) is 0.